The van der Waals surface area contributed by atoms with Crippen LogP contribution in [-0.4, -0.2) is 20.6 Å². The molecule has 28 heavy (non-hydrogen) atoms. The van der Waals surface area contributed by atoms with Gasteiger partial charge < -0.3 is 10.1 Å². The number of carbonyl (C=O) groups is 1. The fraction of sp³-hybridized carbons (Fsp3) is 0.158. The molecule has 0 unspecified atom stereocenters. The average Bonchev–Trinajstić information content (AvgIpc) is 3.01. The third-order valence-electron chi connectivity index (χ3n) is 3.82. The summed E-state index contributed by atoms with van der Waals surface area (Å²) in [6, 6.07) is 9.15. The fourth-order valence-corrected chi connectivity index (χ4v) is 2.80. The molecule has 0 aliphatic heterocycles. The number of nitrogens with one attached hydrogen (secondary N) is 1. The van der Waals surface area contributed by atoms with Crippen molar-refractivity contribution in [2.24, 2.45) is 0 Å². The van der Waals surface area contributed by atoms with Gasteiger partial charge in [0.2, 0.25) is 5.91 Å². The Labute approximate surface area is 165 Å². The number of anilines is 1. The van der Waals surface area contributed by atoms with E-state index in [9.17, 15) is 14.9 Å². The highest BCUT2D eigenvalue weighted by Gasteiger charge is 2.14. The number of hydrogen-bond acceptors (Lipinski definition) is 5. The third-order valence-corrected chi connectivity index (χ3v) is 4.05. The molecule has 3 aromatic rings. The van der Waals surface area contributed by atoms with Crippen molar-refractivity contribution in [2.45, 2.75) is 20.4 Å². The van der Waals surface area contributed by atoms with Gasteiger partial charge in [0.1, 0.15) is 18.0 Å². The van der Waals surface area contributed by atoms with Crippen LogP contribution in [0.2, 0.25) is 5.02 Å². The van der Waals surface area contributed by atoms with Gasteiger partial charge in [-0.05, 0) is 43.2 Å². The molecule has 3 rings (SSSR count). The van der Waals surface area contributed by atoms with Crippen LogP contribution < -0.4 is 10.1 Å². The Morgan fingerprint density at radius 3 is 2.71 bits per heavy atom. The standard InChI is InChI=1S/C19H17ClN4O4/c1-12-9-21-23(10-12)11-19(25)22-15-6-16(24(26)27)8-17(7-15)28-18-4-3-14(20)5-13(18)2/h3-10H,11H2,1-2H3,(H,22,25). The van der Waals surface area contributed by atoms with Crippen molar-refractivity contribution in [3.05, 3.63) is 75.1 Å². The summed E-state index contributed by atoms with van der Waals surface area (Å²) in [7, 11) is 0. The van der Waals surface area contributed by atoms with Gasteiger partial charge in [-0.1, -0.05) is 11.6 Å². The molecule has 0 aliphatic rings. The summed E-state index contributed by atoms with van der Waals surface area (Å²) in [6.45, 7) is 3.67. The van der Waals surface area contributed by atoms with E-state index in [4.69, 9.17) is 16.3 Å². The van der Waals surface area contributed by atoms with E-state index in [1.54, 1.807) is 30.6 Å². The van der Waals surface area contributed by atoms with Crippen molar-refractivity contribution in [1.29, 1.82) is 0 Å². The average molecular weight is 401 g/mol. The topological polar surface area (TPSA) is 99.3 Å². The van der Waals surface area contributed by atoms with E-state index in [2.05, 4.69) is 10.4 Å². The van der Waals surface area contributed by atoms with Gasteiger partial charge >= 0.3 is 0 Å². The second-order valence-corrected chi connectivity index (χ2v) is 6.68. The highest BCUT2D eigenvalue weighted by atomic mass is 35.5. The van der Waals surface area contributed by atoms with E-state index in [-0.39, 0.29) is 29.6 Å². The zero-order chi connectivity index (χ0) is 20.3. The van der Waals surface area contributed by atoms with Crippen molar-refractivity contribution in [2.75, 3.05) is 5.32 Å². The van der Waals surface area contributed by atoms with Crippen LogP contribution in [0.4, 0.5) is 11.4 Å². The van der Waals surface area contributed by atoms with Crippen LogP contribution in [0.5, 0.6) is 11.5 Å². The molecule has 144 valence electrons. The highest BCUT2D eigenvalue weighted by Crippen LogP contribution is 2.32. The molecule has 0 atom stereocenters. The maximum Gasteiger partial charge on any atom is 0.275 e. The summed E-state index contributed by atoms with van der Waals surface area (Å²) in [4.78, 5) is 22.9. The predicted octanol–water partition coefficient (Wildman–Crippen LogP) is 4.49. The summed E-state index contributed by atoms with van der Waals surface area (Å²) in [5.74, 6) is 0.372. The minimum absolute atomic E-state index is 0.0109. The molecular formula is C19H17ClN4O4. The SMILES string of the molecule is Cc1cnn(CC(=O)Nc2cc(Oc3ccc(Cl)cc3C)cc([N+](=O)[O-])c2)c1. The molecule has 1 aromatic heterocycles. The van der Waals surface area contributed by atoms with E-state index < -0.39 is 4.92 Å². The summed E-state index contributed by atoms with van der Waals surface area (Å²) in [6.07, 6.45) is 3.37. The Morgan fingerprint density at radius 2 is 2.07 bits per heavy atom. The van der Waals surface area contributed by atoms with Crippen molar-refractivity contribution in [3.63, 3.8) is 0 Å². The zero-order valence-electron chi connectivity index (χ0n) is 15.2. The van der Waals surface area contributed by atoms with Gasteiger partial charge in [0.05, 0.1) is 22.9 Å². The number of non-ortho nitro benzene ring substituents is 1. The Bertz CT molecular complexity index is 1050. The maximum absolute atomic E-state index is 12.2. The van der Waals surface area contributed by atoms with Crippen molar-refractivity contribution in [3.8, 4) is 11.5 Å². The molecule has 9 heteroatoms. The first kappa shape index (κ1) is 19.4. The molecule has 1 N–H and O–H groups in total. The fourth-order valence-electron chi connectivity index (χ4n) is 2.58. The number of aryl methyl sites for hydroxylation is 2. The van der Waals surface area contributed by atoms with E-state index in [0.717, 1.165) is 11.1 Å². The zero-order valence-corrected chi connectivity index (χ0v) is 15.9. The number of aromatic nitrogens is 2. The molecule has 0 radical (unpaired) electrons. The predicted molar refractivity (Wildman–Crippen MR) is 105 cm³/mol. The second kappa shape index (κ2) is 8.10. The quantitative estimate of drug-likeness (QED) is 0.485. The van der Waals surface area contributed by atoms with Gasteiger partial charge in [0, 0.05) is 23.4 Å². The first-order valence-corrected chi connectivity index (χ1v) is 8.70. The molecule has 0 fully saturated rings. The largest absolute Gasteiger partial charge is 0.457 e. The number of ether oxygens (including phenoxy) is 1. The number of nitro benzene ring substituents is 1. The first-order chi connectivity index (χ1) is 13.3. The normalized spacial score (nSPS) is 10.5. The van der Waals surface area contributed by atoms with Crippen LogP contribution in [0.15, 0.2) is 48.8 Å². The molecule has 0 saturated heterocycles. The molecule has 2 aromatic carbocycles. The first-order valence-electron chi connectivity index (χ1n) is 8.32. The number of halogens is 1. The molecule has 0 aliphatic carbocycles. The molecule has 1 amide bonds. The molecule has 8 nitrogen and oxygen atoms in total. The van der Waals surface area contributed by atoms with E-state index >= 15 is 0 Å². The Hall–Kier alpha value is -3.39. The minimum atomic E-state index is -0.548. The van der Waals surface area contributed by atoms with Crippen molar-refractivity contribution >= 4 is 28.9 Å². The number of nitrogens with zero attached hydrogens (tertiary/aromatic N) is 3. The minimum Gasteiger partial charge on any atom is -0.457 e. The number of carbonyl (C=O) groups excluding carboxylic acids is 1. The van der Waals surface area contributed by atoms with Crippen LogP contribution in [0, 0.1) is 24.0 Å². The Morgan fingerprint density at radius 1 is 1.29 bits per heavy atom. The molecule has 0 saturated carbocycles. The molecular weight excluding hydrogens is 384 g/mol. The number of nitro groups is 1. The van der Waals surface area contributed by atoms with Gasteiger partial charge in [-0.3, -0.25) is 19.6 Å². The lowest BCUT2D eigenvalue weighted by atomic mass is 10.2. The van der Waals surface area contributed by atoms with Crippen LogP contribution >= 0.6 is 11.6 Å². The van der Waals surface area contributed by atoms with Crippen molar-refractivity contribution < 1.29 is 14.5 Å². The Balaban J connectivity index is 1.82. The monoisotopic (exact) mass is 400 g/mol. The van der Waals surface area contributed by atoms with Gasteiger partial charge in [0.15, 0.2) is 0 Å². The lowest BCUT2D eigenvalue weighted by Gasteiger charge is -2.11. The van der Waals surface area contributed by atoms with Gasteiger partial charge in [-0.15, -0.1) is 0 Å². The van der Waals surface area contributed by atoms with Gasteiger partial charge in [0.25, 0.3) is 5.69 Å². The third kappa shape index (κ3) is 4.86. The summed E-state index contributed by atoms with van der Waals surface area (Å²) < 4.78 is 7.25. The van der Waals surface area contributed by atoms with E-state index in [1.807, 2.05) is 13.8 Å². The van der Waals surface area contributed by atoms with E-state index in [1.165, 1.54) is 22.9 Å². The number of benzene rings is 2. The van der Waals surface area contributed by atoms with Crippen LogP contribution in [0.25, 0.3) is 0 Å². The second-order valence-electron chi connectivity index (χ2n) is 6.25. The lowest BCUT2D eigenvalue weighted by Crippen LogP contribution is -2.19. The number of hydrogen-bond donors (Lipinski definition) is 1. The number of rotatable bonds is 6. The molecule has 0 spiro atoms. The van der Waals surface area contributed by atoms with Gasteiger partial charge in [-0.25, -0.2) is 0 Å². The number of amides is 1. The maximum atomic E-state index is 12.2. The Kier molecular flexibility index (Phi) is 5.60. The smallest absolute Gasteiger partial charge is 0.275 e. The van der Waals surface area contributed by atoms with E-state index in [0.29, 0.717) is 10.8 Å². The van der Waals surface area contributed by atoms with Gasteiger partial charge in [-0.2, -0.15) is 5.10 Å². The van der Waals surface area contributed by atoms with Crippen LogP contribution in [-0.2, 0) is 11.3 Å². The van der Waals surface area contributed by atoms with Crippen molar-refractivity contribution in [1.82, 2.24) is 9.78 Å². The van der Waals surface area contributed by atoms with Crippen LogP contribution in [0.1, 0.15) is 11.1 Å². The summed E-state index contributed by atoms with van der Waals surface area (Å²) in [5.41, 5.74) is 1.76. The summed E-state index contributed by atoms with van der Waals surface area (Å²) >= 11 is 5.94. The van der Waals surface area contributed by atoms with Crippen LogP contribution in [0.3, 0.4) is 0 Å². The molecule has 1 heterocycles. The molecule has 0 bridgehead atoms. The summed E-state index contributed by atoms with van der Waals surface area (Å²) in [5, 5.41) is 18.5. The lowest BCUT2D eigenvalue weighted by molar-refractivity contribution is -0.384. The highest BCUT2D eigenvalue weighted by molar-refractivity contribution is 6.30.